The highest BCUT2D eigenvalue weighted by Crippen LogP contribution is 2.26. The molecule has 9 nitrogen and oxygen atoms in total. The first-order valence-corrected chi connectivity index (χ1v) is 6.43. The summed E-state index contributed by atoms with van der Waals surface area (Å²) in [6.45, 7) is 0.371. The van der Waals surface area contributed by atoms with Crippen LogP contribution in [0.15, 0.2) is 36.7 Å². The molecule has 0 fully saturated rings. The zero-order valence-electron chi connectivity index (χ0n) is 12.3. The highest BCUT2D eigenvalue weighted by Gasteiger charge is 2.11. The molecule has 0 radical (unpaired) electrons. The fraction of sp³-hybridized carbons (Fsp3) is 0.214. The lowest BCUT2D eigenvalue weighted by Gasteiger charge is -2.10. The third kappa shape index (κ3) is 5.90. The van der Waals surface area contributed by atoms with Gasteiger partial charge in [0.25, 0.3) is 0 Å². The second-order valence-electron chi connectivity index (χ2n) is 4.05. The second-order valence-corrected chi connectivity index (χ2v) is 4.05. The van der Waals surface area contributed by atoms with Crippen LogP contribution in [0.4, 0.5) is 0 Å². The summed E-state index contributed by atoms with van der Waals surface area (Å²) in [6.07, 6.45) is 3.67. The Morgan fingerprint density at radius 3 is 2.70 bits per heavy atom. The number of methoxy groups -OCH3 is 1. The van der Waals surface area contributed by atoms with E-state index in [4.69, 9.17) is 25.6 Å². The van der Waals surface area contributed by atoms with Gasteiger partial charge in [-0.2, -0.15) is 0 Å². The first kappa shape index (κ1) is 17.7. The van der Waals surface area contributed by atoms with Crippen LogP contribution in [-0.4, -0.2) is 34.8 Å². The van der Waals surface area contributed by atoms with Crippen LogP contribution in [-0.2, 0) is 6.42 Å². The molecular weight excluding hydrogens is 302 g/mol. The van der Waals surface area contributed by atoms with E-state index >= 15 is 0 Å². The van der Waals surface area contributed by atoms with Gasteiger partial charge < -0.3 is 14.6 Å². The minimum atomic E-state index is -1.11. The molecule has 0 spiro atoms. The van der Waals surface area contributed by atoms with Crippen molar-refractivity contribution in [3.63, 3.8) is 0 Å². The number of aromatic nitrogens is 2. The van der Waals surface area contributed by atoms with E-state index < -0.39 is 5.97 Å². The molecule has 2 aromatic heterocycles. The summed E-state index contributed by atoms with van der Waals surface area (Å²) in [4.78, 5) is 20.6. The number of hydrogen-bond donors (Lipinski definition) is 2. The SMILES string of the molecule is COc1cnc(C(=O)O)cc1OCCc1ccccn1.[N-]=[N+]=N. The zero-order valence-corrected chi connectivity index (χ0v) is 12.3. The van der Waals surface area contributed by atoms with Gasteiger partial charge in [-0.15, -0.1) is 5.53 Å². The van der Waals surface area contributed by atoms with Gasteiger partial charge >= 0.3 is 5.97 Å². The summed E-state index contributed by atoms with van der Waals surface area (Å²) in [5, 5.41) is 8.91. The molecule has 0 aliphatic carbocycles. The summed E-state index contributed by atoms with van der Waals surface area (Å²) in [5.74, 6) is -0.353. The molecule has 9 heteroatoms. The van der Waals surface area contributed by atoms with Crippen molar-refractivity contribution >= 4 is 5.97 Å². The maximum atomic E-state index is 10.9. The van der Waals surface area contributed by atoms with Gasteiger partial charge in [0.05, 0.1) is 19.9 Å². The number of aromatic carboxylic acids is 1. The first-order chi connectivity index (χ1) is 11.1. The minimum Gasteiger partial charge on any atom is -0.491 e. The predicted molar refractivity (Wildman–Crippen MR) is 80.6 cm³/mol. The topological polar surface area (TPSA) is 142 Å². The number of ether oxygens (including phenoxy) is 2. The van der Waals surface area contributed by atoms with E-state index in [1.165, 1.54) is 19.4 Å². The Kier molecular flexibility index (Phi) is 7.39. The number of pyridine rings is 2. The number of carboxylic acids is 1. The summed E-state index contributed by atoms with van der Waals surface area (Å²) >= 11 is 0. The van der Waals surface area contributed by atoms with Crippen molar-refractivity contribution in [2.75, 3.05) is 13.7 Å². The van der Waals surface area contributed by atoms with E-state index in [0.717, 1.165) is 5.69 Å². The van der Waals surface area contributed by atoms with Crippen LogP contribution >= 0.6 is 0 Å². The van der Waals surface area contributed by atoms with Gasteiger partial charge in [-0.05, 0) is 22.6 Å². The summed E-state index contributed by atoms with van der Waals surface area (Å²) in [5.41, 5.74) is 13.1. The third-order valence-electron chi connectivity index (χ3n) is 2.61. The Hall–Kier alpha value is -3.32. The normalized spacial score (nSPS) is 9.09. The van der Waals surface area contributed by atoms with Crippen molar-refractivity contribution < 1.29 is 19.4 Å². The van der Waals surface area contributed by atoms with Gasteiger partial charge in [-0.1, -0.05) is 6.07 Å². The van der Waals surface area contributed by atoms with E-state index in [2.05, 4.69) is 9.97 Å². The Balaban J connectivity index is 0.000000816. The molecule has 0 aromatic carbocycles. The van der Waals surface area contributed by atoms with Crippen LogP contribution in [0, 0.1) is 5.53 Å². The molecule has 2 rings (SSSR count). The smallest absolute Gasteiger partial charge is 0.354 e. The summed E-state index contributed by atoms with van der Waals surface area (Å²) in [6, 6.07) is 6.99. The summed E-state index contributed by atoms with van der Waals surface area (Å²) in [7, 11) is 1.48. The quantitative estimate of drug-likeness (QED) is 0.476. The van der Waals surface area contributed by atoms with Gasteiger partial charge in [0.2, 0.25) is 0 Å². The van der Waals surface area contributed by atoms with Gasteiger partial charge in [-0.3, -0.25) is 4.98 Å². The number of nitrogens with one attached hydrogen (secondary N) is 1. The molecule has 0 atom stereocenters. The monoisotopic (exact) mass is 317 g/mol. The summed E-state index contributed by atoms with van der Waals surface area (Å²) < 4.78 is 10.6. The molecule has 0 aliphatic heterocycles. The number of hydrogen-bond acceptors (Lipinski definition) is 6. The van der Waals surface area contributed by atoms with Gasteiger partial charge in [-0.25, -0.2) is 9.78 Å². The second kappa shape index (κ2) is 9.59. The molecule has 2 heterocycles. The minimum absolute atomic E-state index is 0.0846. The van der Waals surface area contributed by atoms with E-state index in [1.807, 2.05) is 18.2 Å². The van der Waals surface area contributed by atoms with Crippen molar-refractivity contribution in [1.29, 1.82) is 5.53 Å². The molecule has 0 bridgehead atoms. The zero-order chi connectivity index (χ0) is 17.1. The molecular formula is C14H15N5O4. The number of carboxylic acid groups (broad SMARTS) is 1. The number of carbonyl (C=O) groups is 1. The first-order valence-electron chi connectivity index (χ1n) is 6.43. The molecule has 2 aromatic rings. The van der Waals surface area contributed by atoms with Crippen LogP contribution in [0.3, 0.4) is 0 Å². The Morgan fingerprint density at radius 2 is 2.13 bits per heavy atom. The Labute approximate surface area is 131 Å². The predicted octanol–water partition coefficient (Wildman–Crippen LogP) is 2.68. The average Bonchev–Trinajstić information content (AvgIpc) is 2.56. The lowest BCUT2D eigenvalue weighted by Crippen LogP contribution is -2.06. The lowest BCUT2D eigenvalue weighted by atomic mass is 10.3. The largest absolute Gasteiger partial charge is 0.491 e. The van der Waals surface area contributed by atoms with E-state index in [9.17, 15) is 4.79 Å². The maximum absolute atomic E-state index is 10.9. The van der Waals surface area contributed by atoms with Crippen LogP contribution in [0.5, 0.6) is 11.5 Å². The maximum Gasteiger partial charge on any atom is 0.354 e. The Bertz CT molecular complexity index is 672. The van der Waals surface area contributed by atoms with Crippen molar-refractivity contribution in [3.05, 3.63) is 58.5 Å². The highest BCUT2D eigenvalue weighted by molar-refractivity contribution is 5.86. The Morgan fingerprint density at radius 1 is 1.39 bits per heavy atom. The number of nitrogens with zero attached hydrogens (tertiary/aromatic N) is 4. The van der Waals surface area contributed by atoms with E-state index in [1.54, 1.807) is 11.1 Å². The highest BCUT2D eigenvalue weighted by atomic mass is 16.5. The van der Waals surface area contributed by atoms with Gasteiger partial charge in [0.1, 0.15) is 0 Å². The van der Waals surface area contributed by atoms with E-state index in [0.29, 0.717) is 24.5 Å². The van der Waals surface area contributed by atoms with Crippen LogP contribution < -0.4 is 9.47 Å². The molecule has 0 saturated carbocycles. The fourth-order valence-electron chi connectivity index (χ4n) is 1.62. The molecule has 0 unspecified atom stereocenters. The van der Waals surface area contributed by atoms with Crippen LogP contribution in [0.2, 0.25) is 0 Å². The third-order valence-corrected chi connectivity index (χ3v) is 2.61. The van der Waals surface area contributed by atoms with Crippen molar-refractivity contribution in [3.8, 4) is 11.5 Å². The standard InChI is InChI=1S/C14H14N2O4.HN3/c1-19-13-9-16-11(14(17)18)8-12(13)20-7-5-10-4-2-3-6-15-10;1-3-2/h2-4,6,8-9H,5,7H2,1H3,(H,17,18);1H. The molecule has 23 heavy (non-hydrogen) atoms. The van der Waals surface area contributed by atoms with Crippen LogP contribution in [0.25, 0.3) is 10.4 Å². The van der Waals surface area contributed by atoms with Gasteiger partial charge in [0.15, 0.2) is 17.2 Å². The molecule has 120 valence electrons. The van der Waals surface area contributed by atoms with E-state index in [-0.39, 0.29) is 5.69 Å². The van der Waals surface area contributed by atoms with Crippen molar-refractivity contribution in [2.45, 2.75) is 6.42 Å². The molecule has 0 aliphatic rings. The van der Waals surface area contributed by atoms with Crippen LogP contribution in [0.1, 0.15) is 16.2 Å². The molecule has 2 N–H and O–H groups in total. The lowest BCUT2D eigenvalue weighted by molar-refractivity contribution is 0.0689. The van der Waals surface area contributed by atoms with Crippen molar-refractivity contribution in [2.24, 2.45) is 0 Å². The average molecular weight is 317 g/mol. The molecule has 0 amide bonds. The molecule has 0 saturated heterocycles. The van der Waals surface area contributed by atoms with Gasteiger partial charge in [0, 0.05) is 24.4 Å². The number of rotatable bonds is 6. The fourth-order valence-corrected chi connectivity index (χ4v) is 1.62. The van der Waals surface area contributed by atoms with Crippen molar-refractivity contribution in [1.82, 2.24) is 9.97 Å².